The van der Waals surface area contributed by atoms with E-state index in [0.717, 1.165) is 18.4 Å². The molecule has 3 fully saturated rings. The highest BCUT2D eigenvalue weighted by Gasteiger charge is 2.50. The second-order valence-corrected chi connectivity index (χ2v) is 11.1. The van der Waals surface area contributed by atoms with Gasteiger partial charge in [-0.1, -0.05) is 44.6 Å². The zero-order valence-corrected chi connectivity index (χ0v) is 19.4. The second kappa shape index (κ2) is 10.3. The number of ketones is 1. The summed E-state index contributed by atoms with van der Waals surface area (Å²) in [5, 5.41) is 29.8. The fourth-order valence-corrected chi connectivity index (χ4v) is 6.61. The maximum absolute atomic E-state index is 12.2. The van der Waals surface area contributed by atoms with E-state index in [0.29, 0.717) is 43.4 Å². The topological polar surface area (TPSA) is 77.8 Å². The van der Waals surface area contributed by atoms with Gasteiger partial charge in [0.25, 0.3) is 0 Å². The summed E-state index contributed by atoms with van der Waals surface area (Å²) in [5.74, 6) is 1.64. The number of hydrogen-bond donors (Lipinski definition) is 3. The average Bonchev–Trinajstić information content (AvgIpc) is 3.00. The van der Waals surface area contributed by atoms with Gasteiger partial charge < -0.3 is 15.3 Å². The third-order valence-corrected chi connectivity index (χ3v) is 8.31. The zero-order valence-electron chi connectivity index (χ0n) is 19.4. The van der Waals surface area contributed by atoms with Gasteiger partial charge in [-0.25, -0.2) is 0 Å². The SMILES string of the molecule is C.C[C@@H](CCC(=O)C(C)(C)O)C1CCC2/C(=C/C=C3C[C@@H](O)C[C@H](O)C3)CCC[C@@]21C. The minimum atomic E-state index is -1.23. The van der Waals surface area contributed by atoms with Gasteiger partial charge in [0.2, 0.25) is 0 Å². The molecule has 2 unspecified atom stereocenters. The van der Waals surface area contributed by atoms with E-state index in [4.69, 9.17) is 0 Å². The lowest BCUT2D eigenvalue weighted by atomic mass is 9.60. The summed E-state index contributed by atoms with van der Waals surface area (Å²) < 4.78 is 0. The first-order valence-corrected chi connectivity index (χ1v) is 12.0. The van der Waals surface area contributed by atoms with E-state index >= 15 is 0 Å². The third kappa shape index (κ3) is 6.09. The van der Waals surface area contributed by atoms with Crippen LogP contribution in [-0.2, 0) is 4.79 Å². The minimum Gasteiger partial charge on any atom is -0.393 e. The third-order valence-electron chi connectivity index (χ3n) is 8.31. The van der Waals surface area contributed by atoms with Crippen LogP contribution in [0.2, 0.25) is 0 Å². The van der Waals surface area contributed by atoms with Crippen LogP contribution in [0.1, 0.15) is 99.3 Å². The second-order valence-electron chi connectivity index (χ2n) is 11.1. The molecule has 0 heterocycles. The maximum atomic E-state index is 12.2. The maximum Gasteiger partial charge on any atom is 0.163 e. The number of fused-ring (bicyclic) bond motifs is 1. The Morgan fingerprint density at radius 1 is 1.19 bits per heavy atom. The molecule has 3 rings (SSSR count). The van der Waals surface area contributed by atoms with Crippen molar-refractivity contribution in [3.63, 3.8) is 0 Å². The molecular weight excluding hydrogens is 388 g/mol. The standard InChI is InChI=1S/C26H42O4.CH4/c1-17(7-12-24(29)25(2,3)30)22-10-11-23-19(6-5-13-26(22,23)4)9-8-18-14-20(27)16-21(28)15-18;/h8-9,17,20-23,27-28,30H,5-7,10-16H2,1-4H3;1H4/b19-9+;/t17-,20+,21+,22?,23?,26+;/m0./s1. The summed E-state index contributed by atoms with van der Waals surface area (Å²) in [5.41, 5.74) is 1.75. The first kappa shape index (κ1) is 26.3. The lowest BCUT2D eigenvalue weighted by molar-refractivity contribution is -0.134. The van der Waals surface area contributed by atoms with Crippen molar-refractivity contribution in [1.29, 1.82) is 0 Å². The van der Waals surface area contributed by atoms with E-state index in [1.54, 1.807) is 13.8 Å². The molecule has 0 aromatic carbocycles. The number of hydrogen-bond acceptors (Lipinski definition) is 4. The van der Waals surface area contributed by atoms with Crippen LogP contribution < -0.4 is 0 Å². The number of carbonyl (C=O) groups excluding carboxylic acids is 1. The Hall–Kier alpha value is -0.970. The lowest BCUT2D eigenvalue weighted by Crippen LogP contribution is -2.36. The Bertz CT molecular complexity index is 674. The highest BCUT2D eigenvalue weighted by Crippen LogP contribution is 2.59. The Kier molecular flexibility index (Phi) is 8.74. The molecule has 3 aliphatic carbocycles. The van der Waals surface area contributed by atoms with Crippen molar-refractivity contribution in [3.05, 3.63) is 23.3 Å². The molecule has 3 aliphatic rings. The van der Waals surface area contributed by atoms with Crippen LogP contribution in [0.3, 0.4) is 0 Å². The van der Waals surface area contributed by atoms with Gasteiger partial charge in [-0.15, -0.1) is 0 Å². The van der Waals surface area contributed by atoms with Gasteiger partial charge >= 0.3 is 0 Å². The van der Waals surface area contributed by atoms with Crippen LogP contribution >= 0.6 is 0 Å². The van der Waals surface area contributed by atoms with E-state index in [9.17, 15) is 20.1 Å². The molecule has 0 amide bonds. The number of aliphatic hydroxyl groups excluding tert-OH is 2. The lowest BCUT2D eigenvalue weighted by Gasteiger charge is -2.44. The fraction of sp³-hybridized carbons (Fsp3) is 0.815. The molecule has 4 nitrogen and oxygen atoms in total. The average molecular weight is 435 g/mol. The summed E-state index contributed by atoms with van der Waals surface area (Å²) in [6.45, 7) is 7.92. The van der Waals surface area contributed by atoms with Crippen molar-refractivity contribution in [2.24, 2.45) is 23.2 Å². The molecule has 31 heavy (non-hydrogen) atoms. The zero-order chi connectivity index (χ0) is 22.1. The Morgan fingerprint density at radius 3 is 2.45 bits per heavy atom. The molecule has 0 aliphatic heterocycles. The smallest absolute Gasteiger partial charge is 0.163 e. The van der Waals surface area contributed by atoms with Gasteiger partial charge in [-0.05, 0) is 94.8 Å². The van der Waals surface area contributed by atoms with E-state index in [1.807, 2.05) is 0 Å². The number of carbonyl (C=O) groups is 1. The van der Waals surface area contributed by atoms with Crippen LogP contribution in [0.4, 0.5) is 0 Å². The van der Waals surface area contributed by atoms with Crippen LogP contribution in [0.25, 0.3) is 0 Å². The molecule has 0 aromatic heterocycles. The van der Waals surface area contributed by atoms with Crippen molar-refractivity contribution in [1.82, 2.24) is 0 Å². The van der Waals surface area contributed by atoms with Crippen molar-refractivity contribution < 1.29 is 20.1 Å². The number of aliphatic hydroxyl groups is 3. The quantitative estimate of drug-likeness (QED) is 0.526. The van der Waals surface area contributed by atoms with Crippen LogP contribution in [0, 0.1) is 23.2 Å². The van der Waals surface area contributed by atoms with Crippen LogP contribution in [0.15, 0.2) is 23.3 Å². The molecule has 0 aromatic rings. The first-order chi connectivity index (χ1) is 14.0. The Balaban J connectivity index is 0.00000341. The van der Waals surface area contributed by atoms with Crippen LogP contribution in [0.5, 0.6) is 0 Å². The predicted molar refractivity (Wildman–Crippen MR) is 127 cm³/mol. The van der Waals surface area contributed by atoms with Crippen molar-refractivity contribution in [2.75, 3.05) is 0 Å². The Labute approximate surface area is 189 Å². The highest BCUT2D eigenvalue weighted by atomic mass is 16.3. The number of allylic oxidation sites excluding steroid dienone is 3. The summed E-state index contributed by atoms with van der Waals surface area (Å²) in [7, 11) is 0. The minimum absolute atomic E-state index is 0. The predicted octanol–water partition coefficient (Wildman–Crippen LogP) is 5.35. The number of Topliss-reactive ketones (excluding diaryl/α,β-unsaturated/α-hetero) is 1. The number of rotatable bonds is 6. The van der Waals surface area contributed by atoms with Gasteiger partial charge in [-0.2, -0.15) is 0 Å². The van der Waals surface area contributed by atoms with Crippen molar-refractivity contribution >= 4 is 5.78 Å². The van der Waals surface area contributed by atoms with Crippen LogP contribution in [-0.4, -0.2) is 38.9 Å². The normalized spacial score (nSPS) is 36.0. The van der Waals surface area contributed by atoms with E-state index < -0.39 is 17.8 Å². The van der Waals surface area contributed by atoms with E-state index in [2.05, 4.69) is 26.0 Å². The highest BCUT2D eigenvalue weighted by molar-refractivity contribution is 5.86. The molecule has 0 radical (unpaired) electrons. The largest absolute Gasteiger partial charge is 0.393 e. The molecule has 178 valence electrons. The van der Waals surface area contributed by atoms with Gasteiger partial charge in [-0.3, -0.25) is 4.79 Å². The van der Waals surface area contributed by atoms with E-state index in [-0.39, 0.29) is 18.6 Å². The summed E-state index contributed by atoms with van der Waals surface area (Å²) in [6, 6.07) is 0. The van der Waals surface area contributed by atoms with Gasteiger partial charge in [0.1, 0.15) is 5.60 Å². The fourth-order valence-electron chi connectivity index (χ4n) is 6.61. The molecule has 3 saturated carbocycles. The molecule has 0 bridgehead atoms. The summed E-state index contributed by atoms with van der Waals surface area (Å²) >= 11 is 0. The molecule has 0 spiro atoms. The molecule has 0 saturated heterocycles. The van der Waals surface area contributed by atoms with Crippen molar-refractivity contribution in [2.45, 2.75) is 117 Å². The van der Waals surface area contributed by atoms with Crippen molar-refractivity contribution in [3.8, 4) is 0 Å². The van der Waals surface area contributed by atoms with Gasteiger partial charge in [0.15, 0.2) is 5.78 Å². The molecule has 6 atom stereocenters. The summed E-state index contributed by atoms with van der Waals surface area (Å²) in [4.78, 5) is 12.2. The Morgan fingerprint density at radius 2 is 1.84 bits per heavy atom. The molecule has 3 N–H and O–H groups in total. The monoisotopic (exact) mass is 434 g/mol. The first-order valence-electron chi connectivity index (χ1n) is 12.0. The van der Waals surface area contributed by atoms with E-state index in [1.165, 1.54) is 31.3 Å². The van der Waals surface area contributed by atoms with Gasteiger partial charge in [0, 0.05) is 6.42 Å². The summed E-state index contributed by atoms with van der Waals surface area (Å²) in [6.07, 6.45) is 12.8. The van der Waals surface area contributed by atoms with Gasteiger partial charge in [0.05, 0.1) is 12.2 Å². The molecule has 4 heteroatoms. The molecular formula is C27H46O4.